The number of nitrogens with two attached hydrogens (primary N) is 1. The van der Waals surface area contributed by atoms with Gasteiger partial charge in [-0.3, -0.25) is 4.98 Å². The first kappa shape index (κ1) is 6.04. The molecule has 1 aromatic rings. The number of anilines is 1. The summed E-state index contributed by atoms with van der Waals surface area (Å²) in [5.74, 6) is 0. The van der Waals surface area contributed by atoms with E-state index >= 15 is 0 Å². The average Bonchev–Trinajstić information content (AvgIpc) is 1.89. The third kappa shape index (κ3) is 1.17. The van der Waals surface area contributed by atoms with Crippen LogP contribution in [0.4, 0.5) is 5.69 Å². The normalized spacial score (nSPS) is 9.44. The van der Waals surface area contributed by atoms with E-state index in [1.54, 1.807) is 12.3 Å². The molecule has 3 heteroatoms. The highest BCUT2D eigenvalue weighted by molar-refractivity contribution is 5.42. The van der Waals surface area contributed by atoms with Crippen LogP contribution in [0.3, 0.4) is 0 Å². The van der Waals surface area contributed by atoms with Crippen LogP contribution in [0, 0.1) is 0 Å². The van der Waals surface area contributed by atoms with E-state index in [-0.39, 0.29) is 6.61 Å². The van der Waals surface area contributed by atoms with Gasteiger partial charge >= 0.3 is 0 Å². The minimum Gasteiger partial charge on any atom is -0.397 e. The standard InChI is InChI=1S/C6H7N2O/c7-6-3-8-2-1-5(6)4-9/h1-3H,4,7H2. The smallest absolute Gasteiger partial charge is 0.109 e. The van der Waals surface area contributed by atoms with E-state index in [9.17, 15) is 5.11 Å². The Hall–Kier alpha value is -1.09. The molecule has 0 spiro atoms. The van der Waals surface area contributed by atoms with Gasteiger partial charge in [0.05, 0.1) is 11.9 Å². The molecule has 1 radical (unpaired) electrons. The van der Waals surface area contributed by atoms with Crippen LogP contribution in [0.5, 0.6) is 0 Å². The summed E-state index contributed by atoms with van der Waals surface area (Å²) in [7, 11) is 0. The van der Waals surface area contributed by atoms with Crippen LogP contribution in [0.15, 0.2) is 18.5 Å². The summed E-state index contributed by atoms with van der Waals surface area (Å²) in [5.41, 5.74) is 6.46. The van der Waals surface area contributed by atoms with Gasteiger partial charge in [0.2, 0.25) is 0 Å². The Morgan fingerprint density at radius 3 is 2.89 bits per heavy atom. The SMILES string of the molecule is Nc1cnccc1C[O]. The first-order chi connectivity index (χ1) is 4.34. The zero-order valence-electron chi connectivity index (χ0n) is 4.87. The Morgan fingerprint density at radius 1 is 1.67 bits per heavy atom. The number of hydrogen-bond donors (Lipinski definition) is 1. The highest BCUT2D eigenvalue weighted by Gasteiger charge is 1.93. The fourth-order valence-electron chi connectivity index (χ4n) is 0.567. The van der Waals surface area contributed by atoms with Crippen molar-refractivity contribution in [2.75, 3.05) is 5.73 Å². The first-order valence-electron chi connectivity index (χ1n) is 2.61. The summed E-state index contributed by atoms with van der Waals surface area (Å²) in [5, 5.41) is 10.2. The van der Waals surface area contributed by atoms with Crippen molar-refractivity contribution in [3.05, 3.63) is 24.0 Å². The minimum atomic E-state index is -0.269. The summed E-state index contributed by atoms with van der Waals surface area (Å²) in [6.07, 6.45) is 3.04. The molecule has 0 saturated carbocycles. The molecule has 2 N–H and O–H groups in total. The topological polar surface area (TPSA) is 58.8 Å². The Morgan fingerprint density at radius 2 is 2.44 bits per heavy atom. The van der Waals surface area contributed by atoms with Gasteiger partial charge < -0.3 is 5.73 Å². The molecule has 0 atom stereocenters. The van der Waals surface area contributed by atoms with E-state index in [0.29, 0.717) is 11.3 Å². The van der Waals surface area contributed by atoms with Gasteiger partial charge in [-0.05, 0) is 6.07 Å². The lowest BCUT2D eigenvalue weighted by atomic mass is 10.2. The van der Waals surface area contributed by atoms with Crippen LogP contribution >= 0.6 is 0 Å². The van der Waals surface area contributed by atoms with Crippen molar-refractivity contribution in [1.82, 2.24) is 4.98 Å². The van der Waals surface area contributed by atoms with Crippen molar-refractivity contribution in [1.29, 1.82) is 0 Å². The third-order valence-electron chi connectivity index (χ3n) is 1.10. The monoisotopic (exact) mass is 123 g/mol. The minimum absolute atomic E-state index is 0.269. The maximum atomic E-state index is 10.2. The molecule has 3 nitrogen and oxygen atoms in total. The van der Waals surface area contributed by atoms with Crippen LogP contribution in [-0.4, -0.2) is 4.98 Å². The Kier molecular flexibility index (Phi) is 1.65. The predicted molar refractivity (Wildman–Crippen MR) is 33.0 cm³/mol. The molecule has 0 amide bonds. The number of nitrogens with zero attached hydrogens (tertiary/aromatic N) is 1. The van der Waals surface area contributed by atoms with Crippen molar-refractivity contribution < 1.29 is 5.11 Å². The van der Waals surface area contributed by atoms with Crippen LogP contribution in [-0.2, 0) is 11.7 Å². The van der Waals surface area contributed by atoms with Gasteiger partial charge in [0, 0.05) is 11.8 Å². The van der Waals surface area contributed by atoms with Gasteiger partial charge in [-0.2, -0.15) is 0 Å². The lowest BCUT2D eigenvalue weighted by Crippen LogP contribution is -1.92. The fraction of sp³-hybridized carbons (Fsp3) is 0.167. The Bertz CT molecular complexity index is 200. The number of aromatic nitrogens is 1. The van der Waals surface area contributed by atoms with Crippen molar-refractivity contribution in [3.63, 3.8) is 0 Å². The highest BCUT2D eigenvalue weighted by Crippen LogP contribution is 2.06. The van der Waals surface area contributed by atoms with Gasteiger partial charge in [-0.25, -0.2) is 5.11 Å². The largest absolute Gasteiger partial charge is 0.397 e. The quantitative estimate of drug-likeness (QED) is 0.594. The molecule has 9 heavy (non-hydrogen) atoms. The maximum absolute atomic E-state index is 10.2. The maximum Gasteiger partial charge on any atom is 0.109 e. The van der Waals surface area contributed by atoms with Gasteiger partial charge in [-0.15, -0.1) is 0 Å². The van der Waals surface area contributed by atoms with E-state index in [0.717, 1.165) is 0 Å². The molecule has 1 heterocycles. The fourth-order valence-corrected chi connectivity index (χ4v) is 0.567. The average molecular weight is 123 g/mol. The molecule has 1 rings (SSSR count). The summed E-state index contributed by atoms with van der Waals surface area (Å²) < 4.78 is 0. The van der Waals surface area contributed by atoms with Crippen molar-refractivity contribution in [2.24, 2.45) is 0 Å². The summed E-state index contributed by atoms with van der Waals surface area (Å²) >= 11 is 0. The molecule has 1 aromatic heterocycles. The summed E-state index contributed by atoms with van der Waals surface area (Å²) in [6.45, 7) is -0.269. The van der Waals surface area contributed by atoms with Crippen LogP contribution in [0.1, 0.15) is 5.56 Å². The van der Waals surface area contributed by atoms with E-state index in [1.807, 2.05) is 0 Å². The van der Waals surface area contributed by atoms with E-state index in [1.165, 1.54) is 6.20 Å². The molecule has 0 fully saturated rings. The Balaban J connectivity index is 3.01. The third-order valence-corrected chi connectivity index (χ3v) is 1.10. The molecule has 0 bridgehead atoms. The summed E-state index contributed by atoms with van der Waals surface area (Å²) in [6, 6.07) is 1.63. The molecule has 0 saturated heterocycles. The Labute approximate surface area is 53.2 Å². The number of pyridine rings is 1. The van der Waals surface area contributed by atoms with Crippen LogP contribution < -0.4 is 5.73 Å². The van der Waals surface area contributed by atoms with Crippen molar-refractivity contribution >= 4 is 5.69 Å². The lowest BCUT2D eigenvalue weighted by Gasteiger charge is -1.95. The van der Waals surface area contributed by atoms with E-state index < -0.39 is 0 Å². The van der Waals surface area contributed by atoms with Gasteiger partial charge in [0.15, 0.2) is 0 Å². The molecule has 0 aromatic carbocycles. The van der Waals surface area contributed by atoms with Crippen LogP contribution in [0.25, 0.3) is 0 Å². The van der Waals surface area contributed by atoms with Crippen LogP contribution in [0.2, 0.25) is 0 Å². The number of nitrogen functional groups attached to an aromatic ring is 1. The number of rotatable bonds is 1. The molecule has 0 unspecified atom stereocenters. The molecule has 0 aliphatic rings. The van der Waals surface area contributed by atoms with Gasteiger partial charge in [0.25, 0.3) is 0 Å². The zero-order chi connectivity index (χ0) is 6.69. The predicted octanol–water partition coefficient (Wildman–Crippen LogP) is 0.594. The molecule has 0 aliphatic carbocycles. The van der Waals surface area contributed by atoms with Gasteiger partial charge in [0.1, 0.15) is 6.61 Å². The zero-order valence-corrected chi connectivity index (χ0v) is 4.87. The van der Waals surface area contributed by atoms with E-state index in [4.69, 9.17) is 5.73 Å². The second-order valence-corrected chi connectivity index (χ2v) is 1.72. The second-order valence-electron chi connectivity index (χ2n) is 1.72. The molecule has 0 aliphatic heterocycles. The molecular formula is C6H7N2O. The van der Waals surface area contributed by atoms with Crippen molar-refractivity contribution in [2.45, 2.75) is 6.61 Å². The molecular weight excluding hydrogens is 116 g/mol. The van der Waals surface area contributed by atoms with Crippen molar-refractivity contribution in [3.8, 4) is 0 Å². The highest BCUT2D eigenvalue weighted by atomic mass is 16.3. The molecule has 47 valence electrons. The summed E-state index contributed by atoms with van der Waals surface area (Å²) in [4.78, 5) is 3.73. The van der Waals surface area contributed by atoms with Gasteiger partial charge in [-0.1, -0.05) is 0 Å². The lowest BCUT2D eigenvalue weighted by molar-refractivity contribution is 0.178. The van der Waals surface area contributed by atoms with E-state index in [2.05, 4.69) is 4.98 Å². The first-order valence-corrected chi connectivity index (χ1v) is 2.61. The second kappa shape index (κ2) is 2.46. The number of hydrogen-bond acceptors (Lipinski definition) is 2.